The molecule has 0 fully saturated rings. The Morgan fingerprint density at radius 3 is 1.89 bits per heavy atom. The molecule has 4 heteroatoms. The minimum Gasteiger partial charge on any atom is -0.265 e. The van der Waals surface area contributed by atoms with Gasteiger partial charge in [0.25, 0.3) is 0 Å². The van der Waals surface area contributed by atoms with E-state index >= 15 is 0 Å². The van der Waals surface area contributed by atoms with E-state index in [1.165, 1.54) is 16.7 Å². The van der Waals surface area contributed by atoms with Gasteiger partial charge in [0, 0.05) is 48.2 Å². The molecule has 0 amide bonds. The van der Waals surface area contributed by atoms with Gasteiger partial charge in [-0.2, -0.15) is 0 Å². The van der Waals surface area contributed by atoms with Crippen LogP contribution in [0.25, 0.3) is 11.3 Å². The van der Waals surface area contributed by atoms with Crippen molar-refractivity contribution in [2.24, 2.45) is 0 Å². The molecule has 0 radical (unpaired) electrons. The van der Waals surface area contributed by atoms with Crippen LogP contribution in [-0.2, 0) is 18.3 Å². The highest BCUT2D eigenvalue weighted by atomic mass is 14.8. The SMILES string of the molecule is c1cnc2c(c1)-c1ncccc1C2(Cc1ccncc1)Cc1ccncc1. The quantitative estimate of drug-likeness (QED) is 0.558. The Hall–Kier alpha value is -3.40. The van der Waals surface area contributed by atoms with Crippen LogP contribution in [0, 0.1) is 0 Å². The summed E-state index contributed by atoms with van der Waals surface area (Å²) in [6, 6.07) is 16.7. The van der Waals surface area contributed by atoms with Gasteiger partial charge in [-0.1, -0.05) is 6.07 Å². The van der Waals surface area contributed by atoms with Crippen LogP contribution in [0.2, 0.25) is 0 Å². The van der Waals surface area contributed by atoms with E-state index in [4.69, 9.17) is 9.97 Å². The second-order valence-corrected chi connectivity index (χ2v) is 6.95. The standard InChI is InChI=1S/C23H18N4/c1-3-19-21-20(4-2-9-26-21)23(22(19)27-10-1,15-17-5-11-24-12-6-17)16-18-7-13-25-14-8-18/h1-14H,15-16H2. The average Bonchev–Trinajstić information content (AvgIpc) is 3.00. The van der Waals surface area contributed by atoms with Crippen LogP contribution in [0.1, 0.15) is 22.4 Å². The van der Waals surface area contributed by atoms with Crippen molar-refractivity contribution in [3.05, 3.63) is 108 Å². The molecular formula is C23H18N4. The molecular weight excluding hydrogens is 332 g/mol. The Morgan fingerprint density at radius 2 is 1.22 bits per heavy atom. The summed E-state index contributed by atoms with van der Waals surface area (Å²) in [5, 5.41) is 0. The van der Waals surface area contributed by atoms with Crippen molar-refractivity contribution in [3.8, 4) is 11.3 Å². The maximum absolute atomic E-state index is 4.85. The molecule has 0 aliphatic heterocycles. The van der Waals surface area contributed by atoms with Crippen LogP contribution in [0.4, 0.5) is 0 Å². The molecule has 4 aromatic rings. The molecule has 0 saturated carbocycles. The molecule has 0 spiro atoms. The fourth-order valence-corrected chi connectivity index (χ4v) is 4.23. The van der Waals surface area contributed by atoms with Gasteiger partial charge in [0.2, 0.25) is 0 Å². The third kappa shape index (κ3) is 2.61. The smallest absolute Gasteiger partial charge is 0.0762 e. The number of hydrogen-bond donors (Lipinski definition) is 0. The Bertz CT molecular complexity index is 989. The summed E-state index contributed by atoms with van der Waals surface area (Å²) in [5.41, 5.74) is 6.75. The van der Waals surface area contributed by atoms with Gasteiger partial charge in [-0.15, -0.1) is 0 Å². The Kier molecular flexibility index (Phi) is 3.75. The summed E-state index contributed by atoms with van der Waals surface area (Å²) in [6.07, 6.45) is 12.9. The van der Waals surface area contributed by atoms with Crippen LogP contribution >= 0.6 is 0 Å². The summed E-state index contributed by atoms with van der Waals surface area (Å²) < 4.78 is 0. The lowest BCUT2D eigenvalue weighted by atomic mass is 9.72. The average molecular weight is 350 g/mol. The fourth-order valence-electron chi connectivity index (χ4n) is 4.23. The predicted molar refractivity (Wildman–Crippen MR) is 104 cm³/mol. The van der Waals surface area contributed by atoms with Crippen molar-refractivity contribution >= 4 is 0 Å². The van der Waals surface area contributed by atoms with Crippen molar-refractivity contribution in [1.29, 1.82) is 0 Å². The van der Waals surface area contributed by atoms with Crippen molar-refractivity contribution in [2.45, 2.75) is 18.3 Å². The maximum atomic E-state index is 4.85. The van der Waals surface area contributed by atoms with Crippen LogP contribution in [-0.4, -0.2) is 19.9 Å². The Morgan fingerprint density at radius 1 is 0.630 bits per heavy atom. The molecule has 0 atom stereocenters. The van der Waals surface area contributed by atoms with Gasteiger partial charge in [0.1, 0.15) is 0 Å². The third-order valence-electron chi connectivity index (χ3n) is 5.35. The highest BCUT2D eigenvalue weighted by Crippen LogP contribution is 2.50. The first-order valence-corrected chi connectivity index (χ1v) is 9.06. The van der Waals surface area contributed by atoms with Crippen molar-refractivity contribution < 1.29 is 0 Å². The molecule has 1 aliphatic rings. The van der Waals surface area contributed by atoms with Gasteiger partial charge in [-0.05, 0) is 72.0 Å². The minimum atomic E-state index is -0.261. The zero-order valence-electron chi connectivity index (χ0n) is 14.8. The van der Waals surface area contributed by atoms with E-state index in [9.17, 15) is 0 Å². The first kappa shape index (κ1) is 15.8. The summed E-state index contributed by atoms with van der Waals surface area (Å²) >= 11 is 0. The summed E-state index contributed by atoms with van der Waals surface area (Å²) in [4.78, 5) is 17.9. The van der Waals surface area contributed by atoms with Crippen LogP contribution in [0.15, 0.2) is 85.7 Å². The van der Waals surface area contributed by atoms with Gasteiger partial charge in [0.05, 0.1) is 11.4 Å². The van der Waals surface area contributed by atoms with Crippen molar-refractivity contribution in [2.75, 3.05) is 0 Å². The van der Waals surface area contributed by atoms with Crippen LogP contribution in [0.3, 0.4) is 0 Å². The normalized spacial score (nSPS) is 13.8. The van der Waals surface area contributed by atoms with E-state index in [1.54, 1.807) is 0 Å². The molecule has 0 bridgehead atoms. The minimum absolute atomic E-state index is 0.261. The molecule has 4 heterocycles. The predicted octanol–water partition coefficient (Wildman–Crippen LogP) is 4.02. The second kappa shape index (κ2) is 6.40. The lowest BCUT2D eigenvalue weighted by molar-refractivity contribution is 0.504. The number of aromatic nitrogens is 4. The maximum Gasteiger partial charge on any atom is 0.0762 e. The van der Waals surface area contributed by atoms with E-state index in [0.29, 0.717) is 0 Å². The zero-order valence-corrected chi connectivity index (χ0v) is 14.8. The van der Waals surface area contributed by atoms with Gasteiger partial charge < -0.3 is 0 Å². The summed E-state index contributed by atoms with van der Waals surface area (Å²) in [6.45, 7) is 0. The van der Waals surface area contributed by atoms with Gasteiger partial charge in [-0.3, -0.25) is 19.9 Å². The number of rotatable bonds is 4. The first-order valence-electron chi connectivity index (χ1n) is 9.06. The summed E-state index contributed by atoms with van der Waals surface area (Å²) in [7, 11) is 0. The third-order valence-corrected chi connectivity index (χ3v) is 5.35. The van der Waals surface area contributed by atoms with Crippen molar-refractivity contribution in [1.82, 2.24) is 19.9 Å². The fraction of sp³-hybridized carbons (Fsp3) is 0.130. The molecule has 0 aromatic carbocycles. The topological polar surface area (TPSA) is 51.6 Å². The van der Waals surface area contributed by atoms with E-state index in [1.807, 2.05) is 49.3 Å². The van der Waals surface area contributed by atoms with E-state index in [0.717, 1.165) is 29.8 Å². The molecule has 130 valence electrons. The van der Waals surface area contributed by atoms with Gasteiger partial charge in [-0.25, -0.2) is 0 Å². The molecule has 0 unspecified atom stereocenters. The van der Waals surface area contributed by atoms with E-state index < -0.39 is 0 Å². The number of fused-ring (bicyclic) bond motifs is 3. The largest absolute Gasteiger partial charge is 0.265 e. The molecule has 4 nitrogen and oxygen atoms in total. The molecule has 27 heavy (non-hydrogen) atoms. The molecule has 0 N–H and O–H groups in total. The number of pyridine rings is 4. The van der Waals surface area contributed by atoms with Gasteiger partial charge in [0.15, 0.2) is 0 Å². The molecule has 1 aliphatic carbocycles. The van der Waals surface area contributed by atoms with E-state index in [-0.39, 0.29) is 5.41 Å². The molecule has 0 saturated heterocycles. The highest BCUT2D eigenvalue weighted by Gasteiger charge is 2.45. The van der Waals surface area contributed by atoms with Crippen LogP contribution < -0.4 is 0 Å². The lowest BCUT2D eigenvalue weighted by Gasteiger charge is -2.31. The Labute approximate surface area is 158 Å². The molecule has 5 rings (SSSR count). The van der Waals surface area contributed by atoms with Crippen LogP contribution in [0.5, 0.6) is 0 Å². The number of hydrogen-bond acceptors (Lipinski definition) is 4. The summed E-state index contributed by atoms with van der Waals surface area (Å²) in [5.74, 6) is 0. The van der Waals surface area contributed by atoms with Crippen molar-refractivity contribution in [3.63, 3.8) is 0 Å². The van der Waals surface area contributed by atoms with E-state index in [2.05, 4.69) is 46.4 Å². The van der Waals surface area contributed by atoms with Gasteiger partial charge >= 0.3 is 0 Å². The monoisotopic (exact) mass is 350 g/mol. The second-order valence-electron chi connectivity index (χ2n) is 6.95. The number of nitrogens with zero attached hydrogens (tertiary/aromatic N) is 4. The molecule has 4 aromatic heterocycles. The first-order chi connectivity index (χ1) is 13.4. The highest BCUT2D eigenvalue weighted by molar-refractivity contribution is 5.77. The Balaban J connectivity index is 1.75. The lowest BCUT2D eigenvalue weighted by Crippen LogP contribution is -2.32. The zero-order chi connectivity index (χ0) is 18.1.